The summed E-state index contributed by atoms with van der Waals surface area (Å²) in [5.41, 5.74) is -1.77. The van der Waals surface area contributed by atoms with Crippen LogP contribution in [0.1, 0.15) is 53.4 Å². The third-order valence-corrected chi connectivity index (χ3v) is 6.95. The van der Waals surface area contributed by atoms with Crippen molar-refractivity contribution in [1.29, 1.82) is 0 Å². The molecule has 1 aliphatic carbocycles. The molecule has 7 nitrogen and oxygen atoms in total. The van der Waals surface area contributed by atoms with Crippen LogP contribution in [-0.4, -0.2) is 47.6 Å². The summed E-state index contributed by atoms with van der Waals surface area (Å²) in [5.74, 6) is -0.209. The molecule has 1 N–H and O–H groups in total. The zero-order chi connectivity index (χ0) is 18.7. The van der Waals surface area contributed by atoms with Crippen LogP contribution in [-0.2, 0) is 28.8 Å². The molecule has 4 rings (SSSR count). The van der Waals surface area contributed by atoms with Crippen molar-refractivity contribution in [3.8, 4) is 0 Å². The molecule has 1 unspecified atom stereocenters. The third-order valence-electron chi connectivity index (χ3n) is 6.95. The van der Waals surface area contributed by atoms with Crippen molar-refractivity contribution in [2.75, 3.05) is 6.61 Å². The fourth-order valence-electron chi connectivity index (χ4n) is 5.60. The van der Waals surface area contributed by atoms with Crippen molar-refractivity contribution in [2.24, 2.45) is 23.7 Å². The molecule has 0 aromatic rings. The van der Waals surface area contributed by atoms with E-state index in [1.807, 2.05) is 0 Å². The van der Waals surface area contributed by atoms with Gasteiger partial charge in [-0.1, -0.05) is 13.8 Å². The molecule has 0 aromatic heterocycles. The van der Waals surface area contributed by atoms with Gasteiger partial charge in [0, 0.05) is 11.8 Å². The van der Waals surface area contributed by atoms with Crippen LogP contribution in [0.15, 0.2) is 0 Å². The molecule has 4 aliphatic rings. The summed E-state index contributed by atoms with van der Waals surface area (Å²) in [4.78, 5) is 23.5. The first-order chi connectivity index (χ1) is 12.3. The molecule has 0 aromatic carbocycles. The van der Waals surface area contributed by atoms with E-state index in [2.05, 4.69) is 13.8 Å². The predicted octanol–water partition coefficient (Wildman–Crippen LogP) is 2.73. The zero-order valence-electron chi connectivity index (χ0n) is 16.0. The average Bonchev–Trinajstić information content (AvgIpc) is 2.86. The van der Waals surface area contributed by atoms with Gasteiger partial charge >= 0.3 is 5.97 Å². The Balaban J connectivity index is 1.79. The van der Waals surface area contributed by atoms with E-state index in [9.17, 15) is 9.90 Å². The summed E-state index contributed by atoms with van der Waals surface area (Å²) in [6.07, 6.45) is 1.56. The SMILES string of the molecule is C[C@H]1[C@H]2OC(C(=O)O)C(C)(C)O[C@H](O2)[C@@]23OOCCC[C@H]2[C@H](C)CC[C@@H]13. The Morgan fingerprint density at radius 1 is 1.08 bits per heavy atom. The van der Waals surface area contributed by atoms with Crippen LogP contribution < -0.4 is 0 Å². The van der Waals surface area contributed by atoms with Gasteiger partial charge in [0.25, 0.3) is 0 Å². The lowest BCUT2D eigenvalue weighted by Gasteiger charge is -2.57. The highest BCUT2D eigenvalue weighted by molar-refractivity contribution is 5.74. The Morgan fingerprint density at radius 2 is 1.85 bits per heavy atom. The number of carbonyl (C=O) groups is 1. The average molecular weight is 370 g/mol. The van der Waals surface area contributed by atoms with Gasteiger partial charge in [0.15, 0.2) is 24.3 Å². The molecule has 7 heteroatoms. The molecule has 1 saturated carbocycles. The highest BCUT2D eigenvalue weighted by atomic mass is 17.2. The Hall–Kier alpha value is -0.730. The van der Waals surface area contributed by atoms with Crippen molar-refractivity contribution in [3.05, 3.63) is 0 Å². The summed E-state index contributed by atoms with van der Waals surface area (Å²) >= 11 is 0. The highest BCUT2D eigenvalue weighted by Crippen LogP contribution is 2.57. The number of rotatable bonds is 1. The molecule has 3 aliphatic heterocycles. The van der Waals surface area contributed by atoms with E-state index >= 15 is 0 Å². The second kappa shape index (κ2) is 6.41. The molecule has 148 valence electrons. The van der Waals surface area contributed by atoms with Crippen LogP contribution in [0.3, 0.4) is 0 Å². The monoisotopic (exact) mass is 370 g/mol. The van der Waals surface area contributed by atoms with Crippen molar-refractivity contribution in [1.82, 2.24) is 0 Å². The Bertz CT molecular complexity index is 564. The number of hydrogen-bond acceptors (Lipinski definition) is 6. The molecule has 0 amide bonds. The van der Waals surface area contributed by atoms with E-state index in [4.69, 9.17) is 24.0 Å². The first-order valence-corrected chi connectivity index (χ1v) is 9.79. The van der Waals surface area contributed by atoms with Crippen molar-refractivity contribution in [2.45, 2.75) is 83.3 Å². The van der Waals surface area contributed by atoms with Gasteiger partial charge in [-0.25, -0.2) is 14.6 Å². The van der Waals surface area contributed by atoms with Gasteiger partial charge in [0.2, 0.25) is 0 Å². The summed E-state index contributed by atoms with van der Waals surface area (Å²) in [5, 5.41) is 9.66. The predicted molar refractivity (Wildman–Crippen MR) is 89.9 cm³/mol. The molecule has 3 heterocycles. The summed E-state index contributed by atoms with van der Waals surface area (Å²) < 4.78 is 18.4. The van der Waals surface area contributed by atoms with Gasteiger partial charge in [0.1, 0.15) is 5.60 Å². The quantitative estimate of drug-likeness (QED) is 0.711. The minimum absolute atomic E-state index is 0.0118. The second-order valence-electron chi connectivity index (χ2n) is 8.94. The maximum absolute atomic E-state index is 11.8. The maximum Gasteiger partial charge on any atom is 0.335 e. The standard InChI is InChI=1S/C19H30O7/c1-10-7-8-13-11(2)16-23-14(15(20)21)18(3,4)25-17(24-16)19(13)12(10)6-5-9-22-26-19/h10-14,16-17H,5-9H2,1-4H3,(H,20,21)/t10-,11-,12+,13+,14?,16+,17+,19-/m1/s1. The van der Waals surface area contributed by atoms with Crippen LogP contribution in [0, 0.1) is 23.7 Å². The molecule has 0 radical (unpaired) electrons. The Morgan fingerprint density at radius 3 is 2.58 bits per heavy atom. The molecule has 2 bridgehead atoms. The molecule has 8 atom stereocenters. The Kier molecular flexibility index (Phi) is 4.59. The molecule has 3 saturated heterocycles. The van der Waals surface area contributed by atoms with Crippen molar-refractivity contribution >= 4 is 5.97 Å². The lowest BCUT2D eigenvalue weighted by Crippen LogP contribution is -2.67. The minimum Gasteiger partial charge on any atom is -0.479 e. The molecular formula is C19H30O7. The first-order valence-electron chi connectivity index (χ1n) is 9.79. The minimum atomic E-state index is -1.10. The van der Waals surface area contributed by atoms with Crippen LogP contribution in [0.25, 0.3) is 0 Å². The molecule has 26 heavy (non-hydrogen) atoms. The van der Waals surface area contributed by atoms with E-state index in [0.717, 1.165) is 25.7 Å². The lowest BCUT2D eigenvalue weighted by molar-refractivity contribution is -0.465. The van der Waals surface area contributed by atoms with Crippen LogP contribution >= 0.6 is 0 Å². The second-order valence-corrected chi connectivity index (χ2v) is 8.94. The number of fused-ring (bicyclic) bond motifs is 2. The van der Waals surface area contributed by atoms with Crippen LogP contribution in [0.2, 0.25) is 0 Å². The molecular weight excluding hydrogens is 340 g/mol. The third kappa shape index (κ3) is 2.63. The van der Waals surface area contributed by atoms with Crippen LogP contribution in [0.5, 0.6) is 0 Å². The zero-order valence-corrected chi connectivity index (χ0v) is 16.0. The van der Waals surface area contributed by atoms with Gasteiger partial charge in [-0.05, 0) is 51.4 Å². The number of carboxylic acid groups (broad SMARTS) is 1. The van der Waals surface area contributed by atoms with Crippen molar-refractivity contribution in [3.63, 3.8) is 0 Å². The lowest BCUT2D eigenvalue weighted by atomic mass is 9.58. The summed E-state index contributed by atoms with van der Waals surface area (Å²) in [6, 6.07) is 0. The van der Waals surface area contributed by atoms with E-state index in [1.54, 1.807) is 13.8 Å². The van der Waals surface area contributed by atoms with Crippen molar-refractivity contribution < 1.29 is 33.9 Å². The number of hydrogen-bond donors (Lipinski definition) is 1. The molecule has 1 spiro atoms. The van der Waals surface area contributed by atoms with E-state index in [0.29, 0.717) is 12.5 Å². The summed E-state index contributed by atoms with van der Waals surface area (Å²) in [7, 11) is 0. The number of aliphatic carboxylic acids is 1. The first kappa shape index (κ1) is 18.6. The Labute approximate surface area is 154 Å². The van der Waals surface area contributed by atoms with Gasteiger partial charge < -0.3 is 19.3 Å². The number of carboxylic acids is 1. The topological polar surface area (TPSA) is 83.5 Å². The van der Waals surface area contributed by atoms with E-state index in [1.165, 1.54) is 0 Å². The normalized spacial score (nSPS) is 50.7. The van der Waals surface area contributed by atoms with Gasteiger partial charge in [-0.2, -0.15) is 0 Å². The van der Waals surface area contributed by atoms with E-state index < -0.39 is 35.9 Å². The maximum atomic E-state index is 11.8. The smallest absolute Gasteiger partial charge is 0.335 e. The van der Waals surface area contributed by atoms with Gasteiger partial charge in [-0.3, -0.25) is 0 Å². The summed E-state index contributed by atoms with van der Waals surface area (Å²) in [6.45, 7) is 8.36. The molecule has 4 fully saturated rings. The largest absolute Gasteiger partial charge is 0.479 e. The van der Waals surface area contributed by atoms with E-state index in [-0.39, 0.29) is 17.8 Å². The highest BCUT2D eigenvalue weighted by Gasteiger charge is 2.67. The van der Waals surface area contributed by atoms with Gasteiger partial charge in [0.05, 0.1) is 6.61 Å². The van der Waals surface area contributed by atoms with Gasteiger partial charge in [-0.15, -0.1) is 0 Å². The fraction of sp³-hybridized carbons (Fsp3) is 0.947. The fourth-order valence-corrected chi connectivity index (χ4v) is 5.60. The van der Waals surface area contributed by atoms with Crippen LogP contribution in [0.4, 0.5) is 0 Å². The number of ether oxygens (including phenoxy) is 3.